The molecule has 3 heterocycles. The van der Waals surface area contributed by atoms with E-state index in [1.807, 2.05) is 0 Å². The standard InChI is InChI=1S/C18H21ClF3N3O2.ClH/c19-14-10-15-16(9-13(14)18(20,21)22)25(17(26)23-15)12-1-5-24(6-2-12)11-3-7-27-8-4-11;/h9-12H,1-8H2,(H,23,26);1H. The van der Waals surface area contributed by atoms with Crippen LogP contribution in [0.2, 0.25) is 5.02 Å². The van der Waals surface area contributed by atoms with Crippen LogP contribution in [0, 0.1) is 0 Å². The lowest BCUT2D eigenvalue weighted by molar-refractivity contribution is -0.137. The molecule has 10 heteroatoms. The van der Waals surface area contributed by atoms with Crippen molar-refractivity contribution in [3.8, 4) is 0 Å². The van der Waals surface area contributed by atoms with Crippen LogP contribution in [-0.2, 0) is 10.9 Å². The molecule has 4 rings (SSSR count). The van der Waals surface area contributed by atoms with Crippen molar-refractivity contribution in [3.05, 3.63) is 33.2 Å². The van der Waals surface area contributed by atoms with Crippen LogP contribution in [-0.4, -0.2) is 46.8 Å². The molecule has 2 aliphatic heterocycles. The highest BCUT2D eigenvalue weighted by atomic mass is 35.5. The lowest BCUT2D eigenvalue weighted by Gasteiger charge is -2.39. The summed E-state index contributed by atoms with van der Waals surface area (Å²) in [6.45, 7) is 3.20. The molecule has 2 saturated heterocycles. The molecule has 2 aromatic rings. The topological polar surface area (TPSA) is 50.3 Å². The number of hydrogen-bond donors (Lipinski definition) is 1. The summed E-state index contributed by atoms with van der Waals surface area (Å²) in [6, 6.07) is 2.55. The van der Waals surface area contributed by atoms with Gasteiger partial charge in [0.1, 0.15) is 0 Å². The van der Waals surface area contributed by atoms with Gasteiger partial charge in [-0.3, -0.25) is 4.57 Å². The summed E-state index contributed by atoms with van der Waals surface area (Å²) in [4.78, 5) is 17.5. The van der Waals surface area contributed by atoms with Crippen LogP contribution in [0.25, 0.3) is 11.0 Å². The number of fused-ring (bicyclic) bond motifs is 1. The minimum atomic E-state index is -4.56. The van der Waals surface area contributed by atoms with Gasteiger partial charge in [0.05, 0.1) is 21.6 Å². The van der Waals surface area contributed by atoms with E-state index in [-0.39, 0.29) is 29.7 Å². The van der Waals surface area contributed by atoms with Crippen molar-refractivity contribution in [2.75, 3.05) is 26.3 Å². The van der Waals surface area contributed by atoms with E-state index in [1.165, 1.54) is 10.6 Å². The first-order valence-corrected chi connectivity index (χ1v) is 9.55. The molecule has 2 aliphatic rings. The van der Waals surface area contributed by atoms with Crippen molar-refractivity contribution in [3.63, 3.8) is 0 Å². The third-order valence-electron chi connectivity index (χ3n) is 5.68. The Morgan fingerprint density at radius 3 is 2.32 bits per heavy atom. The zero-order valence-corrected chi connectivity index (χ0v) is 16.7. The number of rotatable bonds is 2. The number of halogens is 5. The number of H-pyrrole nitrogens is 1. The van der Waals surface area contributed by atoms with Crippen molar-refractivity contribution in [2.24, 2.45) is 0 Å². The first-order chi connectivity index (χ1) is 12.8. The Balaban J connectivity index is 0.00000225. The number of nitrogens with zero attached hydrogens (tertiary/aromatic N) is 2. The molecular weight excluding hydrogens is 418 g/mol. The highest BCUT2D eigenvalue weighted by Crippen LogP contribution is 2.37. The Kier molecular flexibility index (Phi) is 6.34. The smallest absolute Gasteiger partial charge is 0.381 e. The maximum absolute atomic E-state index is 13.2. The van der Waals surface area contributed by atoms with Crippen LogP contribution in [0.3, 0.4) is 0 Å². The van der Waals surface area contributed by atoms with Crippen LogP contribution < -0.4 is 5.69 Å². The van der Waals surface area contributed by atoms with Gasteiger partial charge in [0.2, 0.25) is 0 Å². The average molecular weight is 440 g/mol. The van der Waals surface area contributed by atoms with E-state index in [9.17, 15) is 18.0 Å². The highest BCUT2D eigenvalue weighted by Gasteiger charge is 2.35. The number of hydrogen-bond acceptors (Lipinski definition) is 3. The van der Waals surface area contributed by atoms with Gasteiger partial charge >= 0.3 is 11.9 Å². The zero-order valence-electron chi connectivity index (χ0n) is 15.1. The van der Waals surface area contributed by atoms with Crippen molar-refractivity contribution < 1.29 is 17.9 Å². The number of nitrogens with one attached hydrogen (secondary N) is 1. The van der Waals surface area contributed by atoms with Gasteiger partial charge in [0.15, 0.2) is 0 Å². The number of likely N-dealkylation sites (tertiary alicyclic amines) is 1. The Morgan fingerprint density at radius 1 is 1.07 bits per heavy atom. The van der Waals surface area contributed by atoms with Gasteiger partial charge < -0.3 is 14.6 Å². The molecule has 156 valence electrons. The molecule has 2 fully saturated rings. The van der Waals surface area contributed by atoms with E-state index in [0.29, 0.717) is 11.6 Å². The number of aromatic nitrogens is 2. The zero-order chi connectivity index (χ0) is 19.2. The van der Waals surface area contributed by atoms with Crippen molar-refractivity contribution in [2.45, 2.75) is 43.9 Å². The van der Waals surface area contributed by atoms with Crippen LogP contribution in [0.4, 0.5) is 13.2 Å². The number of imidazole rings is 1. The van der Waals surface area contributed by atoms with Gasteiger partial charge in [-0.15, -0.1) is 12.4 Å². The summed E-state index contributed by atoms with van der Waals surface area (Å²) in [5.74, 6) is 0. The molecular formula is C18H22Cl2F3N3O2. The van der Waals surface area contributed by atoms with Gasteiger partial charge in [-0.2, -0.15) is 13.2 Å². The molecule has 0 saturated carbocycles. The fourth-order valence-electron chi connectivity index (χ4n) is 4.29. The molecule has 0 amide bonds. The predicted molar refractivity (Wildman–Crippen MR) is 104 cm³/mol. The number of aromatic amines is 1. The third kappa shape index (κ3) is 4.06. The van der Waals surface area contributed by atoms with E-state index in [1.54, 1.807) is 0 Å². The largest absolute Gasteiger partial charge is 0.417 e. The lowest BCUT2D eigenvalue weighted by atomic mass is 9.99. The van der Waals surface area contributed by atoms with Gasteiger partial charge in [-0.1, -0.05) is 11.6 Å². The van der Waals surface area contributed by atoms with E-state index in [4.69, 9.17) is 16.3 Å². The number of benzene rings is 1. The Bertz CT molecular complexity index is 883. The molecule has 1 aromatic carbocycles. The second-order valence-electron chi connectivity index (χ2n) is 7.26. The van der Waals surface area contributed by atoms with Crippen LogP contribution in [0.1, 0.15) is 37.3 Å². The summed E-state index contributed by atoms with van der Waals surface area (Å²) in [5.41, 5.74) is -0.694. The van der Waals surface area contributed by atoms with Gasteiger partial charge in [-0.05, 0) is 37.8 Å². The molecule has 0 spiro atoms. The first-order valence-electron chi connectivity index (χ1n) is 9.17. The molecule has 28 heavy (non-hydrogen) atoms. The molecule has 0 unspecified atom stereocenters. The molecule has 0 aliphatic carbocycles. The summed E-state index contributed by atoms with van der Waals surface area (Å²) in [5, 5.41) is -0.405. The Hall–Kier alpha value is -1.22. The summed E-state index contributed by atoms with van der Waals surface area (Å²) in [7, 11) is 0. The number of ether oxygens (including phenoxy) is 1. The molecule has 0 bridgehead atoms. The summed E-state index contributed by atoms with van der Waals surface area (Å²) < 4.78 is 46.5. The maximum atomic E-state index is 13.2. The third-order valence-corrected chi connectivity index (χ3v) is 5.99. The van der Waals surface area contributed by atoms with Gasteiger partial charge in [0, 0.05) is 38.4 Å². The maximum Gasteiger partial charge on any atom is 0.417 e. The van der Waals surface area contributed by atoms with Crippen LogP contribution >= 0.6 is 24.0 Å². The van der Waals surface area contributed by atoms with E-state index in [2.05, 4.69) is 9.88 Å². The fraction of sp³-hybridized carbons (Fsp3) is 0.611. The highest BCUT2D eigenvalue weighted by molar-refractivity contribution is 6.32. The van der Waals surface area contributed by atoms with Gasteiger partial charge in [0.25, 0.3) is 0 Å². The average Bonchev–Trinajstić information content (AvgIpc) is 2.95. The van der Waals surface area contributed by atoms with E-state index >= 15 is 0 Å². The monoisotopic (exact) mass is 439 g/mol. The van der Waals surface area contributed by atoms with Crippen LogP contribution in [0.5, 0.6) is 0 Å². The number of piperidine rings is 1. The fourth-order valence-corrected chi connectivity index (χ4v) is 4.56. The minimum Gasteiger partial charge on any atom is -0.381 e. The summed E-state index contributed by atoms with van der Waals surface area (Å²) in [6.07, 6.45) is -1.09. The molecule has 5 nitrogen and oxygen atoms in total. The van der Waals surface area contributed by atoms with Crippen molar-refractivity contribution in [1.82, 2.24) is 14.5 Å². The number of alkyl halides is 3. The van der Waals surface area contributed by atoms with Crippen molar-refractivity contribution in [1.29, 1.82) is 0 Å². The Labute approximate surface area is 171 Å². The second kappa shape index (κ2) is 8.26. The first kappa shape index (κ1) is 21.5. The van der Waals surface area contributed by atoms with E-state index < -0.39 is 16.8 Å². The summed E-state index contributed by atoms with van der Waals surface area (Å²) >= 11 is 5.77. The second-order valence-corrected chi connectivity index (χ2v) is 7.67. The quantitative estimate of drug-likeness (QED) is 0.760. The van der Waals surface area contributed by atoms with Crippen molar-refractivity contribution >= 4 is 35.0 Å². The lowest BCUT2D eigenvalue weighted by Crippen LogP contribution is -2.45. The predicted octanol–water partition coefficient (Wildman–Crippen LogP) is 4.24. The normalized spacial score (nSPS) is 20.4. The van der Waals surface area contributed by atoms with Crippen LogP contribution in [0.15, 0.2) is 16.9 Å². The molecule has 0 radical (unpaired) electrons. The molecule has 1 aromatic heterocycles. The van der Waals surface area contributed by atoms with Gasteiger partial charge in [-0.25, -0.2) is 4.79 Å². The van der Waals surface area contributed by atoms with E-state index in [0.717, 1.165) is 58.1 Å². The SMILES string of the molecule is Cl.O=c1[nH]c2cc(Cl)c(C(F)(F)F)cc2n1C1CCN(C2CCOCC2)CC1. The molecule has 1 N–H and O–H groups in total. The minimum absolute atomic E-state index is 0. The Morgan fingerprint density at radius 2 is 1.71 bits per heavy atom. The molecule has 0 atom stereocenters.